The first-order valence-electron chi connectivity index (χ1n) is 6.81. The maximum Gasteiger partial charge on any atom is 0.338 e. The van der Waals surface area contributed by atoms with Crippen molar-refractivity contribution in [2.75, 3.05) is 38.9 Å². The highest BCUT2D eigenvalue weighted by Crippen LogP contribution is 2.10. The molecule has 0 fully saturated rings. The van der Waals surface area contributed by atoms with Crippen molar-refractivity contribution < 1.29 is 23.8 Å². The van der Waals surface area contributed by atoms with Crippen molar-refractivity contribution in [2.45, 2.75) is 13.3 Å². The molecule has 1 aromatic carbocycles. The number of ether oxygens (including phenoxy) is 3. The third-order valence-corrected chi connectivity index (χ3v) is 2.51. The molecular formula is C15H21NO5. The quantitative estimate of drug-likeness (QED) is 0.556. The molecule has 1 rings (SSSR count). The molecule has 0 atom stereocenters. The Morgan fingerprint density at radius 1 is 1.10 bits per heavy atom. The van der Waals surface area contributed by atoms with E-state index in [1.165, 1.54) is 0 Å². The molecule has 0 spiro atoms. The monoisotopic (exact) mass is 295 g/mol. The van der Waals surface area contributed by atoms with E-state index < -0.39 is 0 Å². The molecule has 0 aliphatic heterocycles. The third-order valence-electron chi connectivity index (χ3n) is 2.51. The molecule has 6 heteroatoms. The van der Waals surface area contributed by atoms with E-state index >= 15 is 0 Å². The highest BCUT2D eigenvalue weighted by atomic mass is 16.5. The van der Waals surface area contributed by atoms with Crippen LogP contribution in [0.5, 0.6) is 0 Å². The van der Waals surface area contributed by atoms with Crippen molar-refractivity contribution >= 4 is 17.6 Å². The van der Waals surface area contributed by atoms with Crippen LogP contribution < -0.4 is 5.32 Å². The van der Waals surface area contributed by atoms with Gasteiger partial charge in [-0.25, -0.2) is 4.79 Å². The molecule has 1 N–H and O–H groups in total. The zero-order valence-corrected chi connectivity index (χ0v) is 12.4. The molecule has 1 aromatic rings. The van der Waals surface area contributed by atoms with Gasteiger partial charge < -0.3 is 19.5 Å². The summed E-state index contributed by atoms with van der Waals surface area (Å²) in [5.41, 5.74) is 1.06. The number of nitrogens with one attached hydrogen (secondary N) is 1. The maximum atomic E-state index is 11.6. The average Bonchev–Trinajstić information content (AvgIpc) is 2.50. The molecule has 0 saturated heterocycles. The number of carbonyl (C=O) groups excluding carboxylic acids is 2. The maximum absolute atomic E-state index is 11.6. The van der Waals surface area contributed by atoms with Gasteiger partial charge in [-0.3, -0.25) is 4.79 Å². The topological polar surface area (TPSA) is 73.9 Å². The Balaban J connectivity index is 2.39. The van der Waals surface area contributed by atoms with Crippen molar-refractivity contribution in [3.8, 4) is 0 Å². The van der Waals surface area contributed by atoms with Crippen LogP contribution in [0.1, 0.15) is 23.7 Å². The van der Waals surface area contributed by atoms with Crippen LogP contribution in [-0.2, 0) is 19.0 Å². The second-order valence-electron chi connectivity index (χ2n) is 4.31. The summed E-state index contributed by atoms with van der Waals surface area (Å²) in [6, 6.07) is 6.52. The number of benzene rings is 1. The predicted octanol–water partition coefficient (Wildman–Crippen LogP) is 1.85. The minimum Gasteiger partial charge on any atom is -0.462 e. The zero-order chi connectivity index (χ0) is 15.5. The molecule has 0 aromatic heterocycles. The van der Waals surface area contributed by atoms with Gasteiger partial charge >= 0.3 is 5.97 Å². The minimum absolute atomic E-state index is 0.0380. The first-order valence-corrected chi connectivity index (χ1v) is 6.81. The van der Waals surface area contributed by atoms with Crippen molar-refractivity contribution in [2.24, 2.45) is 0 Å². The van der Waals surface area contributed by atoms with Gasteiger partial charge in [0.05, 0.1) is 25.4 Å². The van der Waals surface area contributed by atoms with Gasteiger partial charge in [0.25, 0.3) is 0 Å². The van der Waals surface area contributed by atoms with E-state index in [4.69, 9.17) is 14.2 Å². The molecule has 116 valence electrons. The van der Waals surface area contributed by atoms with Crippen LogP contribution in [0.4, 0.5) is 5.69 Å². The summed E-state index contributed by atoms with van der Waals surface area (Å²) >= 11 is 0. The van der Waals surface area contributed by atoms with Crippen LogP contribution in [0.3, 0.4) is 0 Å². The third kappa shape index (κ3) is 6.87. The number of carbonyl (C=O) groups is 2. The number of hydrogen-bond acceptors (Lipinski definition) is 5. The fourth-order valence-electron chi connectivity index (χ4n) is 1.47. The lowest BCUT2D eigenvalue weighted by Crippen LogP contribution is -2.19. The molecule has 21 heavy (non-hydrogen) atoms. The van der Waals surface area contributed by atoms with E-state index in [1.54, 1.807) is 31.4 Å². The summed E-state index contributed by atoms with van der Waals surface area (Å²) in [7, 11) is 1.57. The number of esters is 1. The SMILES string of the molecule is CCCOC(=O)c1ccc(NC(=O)COCCOC)cc1. The van der Waals surface area contributed by atoms with Crippen molar-refractivity contribution in [3.05, 3.63) is 29.8 Å². The lowest BCUT2D eigenvalue weighted by Gasteiger charge is -2.07. The fourth-order valence-corrected chi connectivity index (χ4v) is 1.47. The molecule has 0 heterocycles. The van der Waals surface area contributed by atoms with Gasteiger partial charge in [0, 0.05) is 12.8 Å². The van der Waals surface area contributed by atoms with Gasteiger partial charge in [-0.15, -0.1) is 0 Å². The number of amides is 1. The Labute approximate surface area is 124 Å². The van der Waals surface area contributed by atoms with Gasteiger partial charge in [-0.2, -0.15) is 0 Å². The van der Waals surface area contributed by atoms with Crippen LogP contribution in [-0.4, -0.2) is 45.4 Å². The molecular weight excluding hydrogens is 274 g/mol. The Bertz CT molecular complexity index is 444. The highest BCUT2D eigenvalue weighted by Gasteiger charge is 2.07. The first kappa shape index (κ1) is 17.1. The Hall–Kier alpha value is -1.92. The smallest absolute Gasteiger partial charge is 0.338 e. The van der Waals surface area contributed by atoms with Gasteiger partial charge in [0.15, 0.2) is 0 Å². The molecule has 0 saturated carbocycles. The number of hydrogen-bond donors (Lipinski definition) is 1. The normalized spacial score (nSPS) is 10.2. The number of rotatable bonds is 9. The van der Waals surface area contributed by atoms with E-state index in [1.807, 2.05) is 6.92 Å². The van der Waals surface area contributed by atoms with Crippen LogP contribution in [0.25, 0.3) is 0 Å². The summed E-state index contributed by atoms with van der Waals surface area (Å²) < 4.78 is 14.9. The van der Waals surface area contributed by atoms with Crippen molar-refractivity contribution in [3.63, 3.8) is 0 Å². The lowest BCUT2D eigenvalue weighted by atomic mass is 10.2. The zero-order valence-electron chi connectivity index (χ0n) is 12.4. The summed E-state index contributed by atoms with van der Waals surface area (Å²) in [6.45, 7) is 3.11. The van der Waals surface area contributed by atoms with Crippen LogP contribution in [0.2, 0.25) is 0 Å². The minimum atomic E-state index is -0.363. The van der Waals surface area contributed by atoms with Gasteiger partial charge in [-0.05, 0) is 30.7 Å². The highest BCUT2D eigenvalue weighted by molar-refractivity contribution is 5.93. The van der Waals surface area contributed by atoms with Crippen molar-refractivity contribution in [1.82, 2.24) is 0 Å². The van der Waals surface area contributed by atoms with E-state index in [9.17, 15) is 9.59 Å². The molecule has 0 unspecified atom stereocenters. The largest absolute Gasteiger partial charge is 0.462 e. The summed E-state index contributed by atoms with van der Waals surface area (Å²) in [4.78, 5) is 23.2. The van der Waals surface area contributed by atoms with E-state index in [0.29, 0.717) is 31.1 Å². The molecule has 0 aliphatic rings. The molecule has 0 bridgehead atoms. The van der Waals surface area contributed by atoms with Crippen molar-refractivity contribution in [1.29, 1.82) is 0 Å². The number of methoxy groups -OCH3 is 1. The van der Waals surface area contributed by atoms with E-state index in [2.05, 4.69) is 5.32 Å². The van der Waals surface area contributed by atoms with E-state index in [0.717, 1.165) is 6.42 Å². The van der Waals surface area contributed by atoms with E-state index in [-0.39, 0.29) is 18.5 Å². The fraction of sp³-hybridized carbons (Fsp3) is 0.467. The predicted molar refractivity (Wildman–Crippen MR) is 78.3 cm³/mol. The molecule has 1 amide bonds. The second kappa shape index (κ2) is 9.90. The van der Waals surface area contributed by atoms with Crippen LogP contribution in [0.15, 0.2) is 24.3 Å². The summed E-state index contributed by atoms with van der Waals surface area (Å²) in [6.07, 6.45) is 0.781. The second-order valence-corrected chi connectivity index (χ2v) is 4.31. The van der Waals surface area contributed by atoms with Crippen LogP contribution in [0, 0.1) is 0 Å². The Morgan fingerprint density at radius 3 is 2.43 bits per heavy atom. The van der Waals surface area contributed by atoms with Gasteiger partial charge in [0.1, 0.15) is 6.61 Å². The standard InChI is InChI=1S/C15H21NO5/c1-3-8-21-15(18)12-4-6-13(7-5-12)16-14(17)11-20-10-9-19-2/h4-7H,3,8-11H2,1-2H3,(H,16,17). The van der Waals surface area contributed by atoms with Gasteiger partial charge in [0.2, 0.25) is 5.91 Å². The molecule has 6 nitrogen and oxygen atoms in total. The Kier molecular flexibility index (Phi) is 8.08. The molecule has 0 radical (unpaired) electrons. The molecule has 0 aliphatic carbocycles. The van der Waals surface area contributed by atoms with Gasteiger partial charge in [-0.1, -0.05) is 6.92 Å². The Morgan fingerprint density at radius 2 is 1.81 bits per heavy atom. The number of anilines is 1. The lowest BCUT2D eigenvalue weighted by molar-refractivity contribution is -0.121. The average molecular weight is 295 g/mol. The summed E-state index contributed by atoms with van der Waals surface area (Å²) in [5.74, 6) is -0.620. The summed E-state index contributed by atoms with van der Waals surface area (Å²) in [5, 5.41) is 2.67. The first-order chi connectivity index (χ1) is 10.2. The van der Waals surface area contributed by atoms with Crippen LogP contribution >= 0.6 is 0 Å².